The van der Waals surface area contributed by atoms with Crippen LogP contribution in [0.3, 0.4) is 0 Å². The van der Waals surface area contributed by atoms with E-state index in [-0.39, 0.29) is 0 Å². The van der Waals surface area contributed by atoms with Gasteiger partial charge in [-0.1, -0.05) is 0 Å². The zero-order valence-electron chi connectivity index (χ0n) is 10.5. The third-order valence-corrected chi connectivity index (χ3v) is 3.54. The number of nitrogens with one attached hydrogen (secondary N) is 1. The van der Waals surface area contributed by atoms with E-state index in [1.54, 1.807) is 0 Å². The van der Waals surface area contributed by atoms with E-state index in [1.807, 2.05) is 31.2 Å². The van der Waals surface area contributed by atoms with Crippen molar-refractivity contribution in [3.05, 3.63) is 36.9 Å². The molecule has 0 spiro atoms. The Morgan fingerprint density at radius 3 is 3.06 bits per heavy atom. The third kappa shape index (κ3) is 2.46. The molecule has 1 saturated heterocycles. The predicted molar refractivity (Wildman–Crippen MR) is 69.0 cm³/mol. The molecule has 2 aromatic rings. The number of aromatic nitrogens is 4. The first-order valence-electron chi connectivity index (χ1n) is 6.62. The average molecular weight is 245 g/mol. The molecule has 0 amide bonds. The van der Waals surface area contributed by atoms with Crippen LogP contribution in [0.15, 0.2) is 31.2 Å². The average Bonchev–Trinajstić information content (AvgIpc) is 3.12. The Labute approximate surface area is 107 Å². The van der Waals surface area contributed by atoms with Gasteiger partial charge in [0, 0.05) is 37.7 Å². The summed E-state index contributed by atoms with van der Waals surface area (Å²) in [6, 6.07) is 0.501. The van der Waals surface area contributed by atoms with Crippen molar-refractivity contribution in [2.45, 2.75) is 38.4 Å². The molecule has 18 heavy (non-hydrogen) atoms. The fraction of sp³-hybridized carbons (Fsp3) is 0.538. The van der Waals surface area contributed by atoms with E-state index >= 15 is 0 Å². The van der Waals surface area contributed by atoms with Crippen molar-refractivity contribution in [3.8, 4) is 0 Å². The van der Waals surface area contributed by atoms with Gasteiger partial charge >= 0.3 is 0 Å². The Hall–Kier alpha value is -1.62. The van der Waals surface area contributed by atoms with Crippen LogP contribution in [0, 0.1) is 0 Å². The van der Waals surface area contributed by atoms with Crippen LogP contribution >= 0.6 is 0 Å². The smallest absolute Gasteiger partial charge is 0.0948 e. The van der Waals surface area contributed by atoms with Crippen LogP contribution in [0.5, 0.6) is 0 Å². The molecular weight excluding hydrogens is 226 g/mol. The molecule has 1 aliphatic heterocycles. The zero-order chi connectivity index (χ0) is 12.2. The summed E-state index contributed by atoms with van der Waals surface area (Å²) in [5, 5.41) is 3.53. The fourth-order valence-corrected chi connectivity index (χ4v) is 2.59. The summed E-state index contributed by atoms with van der Waals surface area (Å²) in [5.74, 6) is 0. The first-order chi connectivity index (χ1) is 8.93. The number of nitrogens with zero attached hydrogens (tertiary/aromatic N) is 4. The van der Waals surface area contributed by atoms with Gasteiger partial charge in [0.2, 0.25) is 0 Å². The zero-order valence-corrected chi connectivity index (χ0v) is 10.5. The quantitative estimate of drug-likeness (QED) is 0.870. The molecule has 1 fully saturated rings. The molecule has 0 saturated carbocycles. The molecule has 0 radical (unpaired) electrons. The van der Waals surface area contributed by atoms with E-state index in [0.29, 0.717) is 6.04 Å². The molecule has 0 aromatic carbocycles. The van der Waals surface area contributed by atoms with E-state index < -0.39 is 0 Å². The van der Waals surface area contributed by atoms with Crippen molar-refractivity contribution in [2.75, 3.05) is 6.54 Å². The molecule has 96 valence electrons. The molecule has 0 aliphatic carbocycles. The normalized spacial score (nSPS) is 19.4. The number of imidazole rings is 2. The minimum atomic E-state index is 0.501. The summed E-state index contributed by atoms with van der Waals surface area (Å²) in [5.41, 5.74) is 1.33. The van der Waals surface area contributed by atoms with E-state index in [4.69, 9.17) is 0 Å². The molecule has 0 unspecified atom stereocenters. The summed E-state index contributed by atoms with van der Waals surface area (Å²) in [7, 11) is 0. The van der Waals surface area contributed by atoms with Gasteiger partial charge in [-0.3, -0.25) is 0 Å². The van der Waals surface area contributed by atoms with E-state index in [2.05, 4.69) is 24.4 Å². The van der Waals surface area contributed by atoms with Gasteiger partial charge in [-0.15, -0.1) is 0 Å². The van der Waals surface area contributed by atoms with Crippen LogP contribution in [0.2, 0.25) is 0 Å². The van der Waals surface area contributed by atoms with Crippen molar-refractivity contribution < 1.29 is 0 Å². The van der Waals surface area contributed by atoms with Gasteiger partial charge in [-0.2, -0.15) is 0 Å². The second-order valence-corrected chi connectivity index (χ2v) is 4.81. The lowest BCUT2D eigenvalue weighted by Gasteiger charge is -2.13. The third-order valence-electron chi connectivity index (χ3n) is 3.54. The van der Waals surface area contributed by atoms with E-state index in [9.17, 15) is 0 Å². The first kappa shape index (κ1) is 11.5. The number of hydrogen-bond donors (Lipinski definition) is 1. The number of aryl methyl sites for hydroxylation is 2. The van der Waals surface area contributed by atoms with Gasteiger partial charge in [0.15, 0.2) is 0 Å². The van der Waals surface area contributed by atoms with Crippen LogP contribution in [-0.2, 0) is 13.1 Å². The van der Waals surface area contributed by atoms with Gasteiger partial charge in [0.1, 0.15) is 0 Å². The van der Waals surface area contributed by atoms with E-state index in [0.717, 1.165) is 26.1 Å². The molecule has 1 atom stereocenters. The van der Waals surface area contributed by atoms with Gasteiger partial charge in [0.05, 0.1) is 18.3 Å². The summed E-state index contributed by atoms with van der Waals surface area (Å²) in [6.45, 7) is 3.16. The predicted octanol–water partition coefficient (Wildman–Crippen LogP) is 1.59. The first-order valence-corrected chi connectivity index (χ1v) is 6.62. The second-order valence-electron chi connectivity index (χ2n) is 4.81. The summed E-state index contributed by atoms with van der Waals surface area (Å²) < 4.78 is 4.39. The molecule has 5 heteroatoms. The van der Waals surface area contributed by atoms with Gasteiger partial charge in [-0.25, -0.2) is 9.97 Å². The highest BCUT2D eigenvalue weighted by Gasteiger charge is 2.19. The van der Waals surface area contributed by atoms with Gasteiger partial charge in [-0.05, 0) is 25.8 Å². The Morgan fingerprint density at radius 1 is 1.28 bits per heavy atom. The van der Waals surface area contributed by atoms with Crippen molar-refractivity contribution >= 4 is 0 Å². The standard InChI is InChI=1S/C13H19N5/c1-3-12(16-4-1)13-9-15-11-18(13)7-2-6-17-8-5-14-10-17/h5,8-12,16H,1-4,6-7H2/t12-/m0/s1. The van der Waals surface area contributed by atoms with Crippen LogP contribution < -0.4 is 5.32 Å². The molecule has 1 aliphatic rings. The lowest BCUT2D eigenvalue weighted by atomic mass is 10.2. The topological polar surface area (TPSA) is 47.7 Å². The maximum absolute atomic E-state index is 4.29. The Kier molecular flexibility index (Phi) is 3.41. The molecule has 1 N–H and O–H groups in total. The number of hydrogen-bond acceptors (Lipinski definition) is 3. The Balaban J connectivity index is 1.57. The summed E-state index contributed by atoms with van der Waals surface area (Å²) in [4.78, 5) is 8.34. The molecule has 3 rings (SSSR count). The molecule has 3 heterocycles. The highest BCUT2D eigenvalue weighted by molar-refractivity contribution is 5.07. The van der Waals surface area contributed by atoms with Crippen molar-refractivity contribution in [1.82, 2.24) is 24.4 Å². The van der Waals surface area contributed by atoms with Crippen molar-refractivity contribution in [3.63, 3.8) is 0 Å². The van der Waals surface area contributed by atoms with Crippen LogP contribution in [-0.4, -0.2) is 25.6 Å². The minimum absolute atomic E-state index is 0.501. The lowest BCUT2D eigenvalue weighted by molar-refractivity contribution is 0.518. The lowest BCUT2D eigenvalue weighted by Crippen LogP contribution is -2.17. The number of rotatable bonds is 5. The van der Waals surface area contributed by atoms with Crippen LogP contribution in [0.25, 0.3) is 0 Å². The molecular formula is C13H19N5. The van der Waals surface area contributed by atoms with E-state index in [1.165, 1.54) is 18.5 Å². The fourth-order valence-electron chi connectivity index (χ4n) is 2.59. The van der Waals surface area contributed by atoms with Gasteiger partial charge in [0.25, 0.3) is 0 Å². The highest BCUT2D eigenvalue weighted by Crippen LogP contribution is 2.22. The molecule has 2 aromatic heterocycles. The monoisotopic (exact) mass is 245 g/mol. The van der Waals surface area contributed by atoms with Crippen molar-refractivity contribution in [2.24, 2.45) is 0 Å². The Bertz CT molecular complexity index is 467. The summed E-state index contributed by atoms with van der Waals surface area (Å²) >= 11 is 0. The molecule has 5 nitrogen and oxygen atoms in total. The highest BCUT2D eigenvalue weighted by atomic mass is 15.1. The van der Waals surface area contributed by atoms with Gasteiger partial charge < -0.3 is 14.5 Å². The SMILES string of the molecule is c1cn(CCCn2cncc2[C@@H]2CCCN2)cn1. The maximum Gasteiger partial charge on any atom is 0.0948 e. The maximum atomic E-state index is 4.29. The van der Waals surface area contributed by atoms with Crippen LogP contribution in [0.1, 0.15) is 31.0 Å². The molecule has 0 bridgehead atoms. The second kappa shape index (κ2) is 5.35. The van der Waals surface area contributed by atoms with Crippen molar-refractivity contribution in [1.29, 1.82) is 0 Å². The van der Waals surface area contributed by atoms with Crippen LogP contribution in [0.4, 0.5) is 0 Å². The minimum Gasteiger partial charge on any atom is -0.337 e. The Morgan fingerprint density at radius 2 is 2.28 bits per heavy atom. The largest absolute Gasteiger partial charge is 0.337 e. The summed E-state index contributed by atoms with van der Waals surface area (Å²) in [6.07, 6.45) is 13.2.